The summed E-state index contributed by atoms with van der Waals surface area (Å²) < 4.78 is 9.90. The summed E-state index contributed by atoms with van der Waals surface area (Å²) in [4.78, 5) is 28.9. The Kier molecular flexibility index (Phi) is 4.30. The van der Waals surface area contributed by atoms with Gasteiger partial charge in [-0.15, -0.1) is 0 Å². The van der Waals surface area contributed by atoms with Crippen LogP contribution in [-0.2, 0) is 19.2 Å². The minimum absolute atomic E-state index is 0.0969. The van der Waals surface area contributed by atoms with E-state index in [9.17, 15) is 14.8 Å². The van der Waals surface area contributed by atoms with Crippen LogP contribution in [0.3, 0.4) is 0 Å². The maximum absolute atomic E-state index is 12.0. The van der Waals surface area contributed by atoms with Gasteiger partial charge in [-0.3, -0.25) is 5.21 Å². The zero-order valence-electron chi connectivity index (χ0n) is 11.9. The number of rotatable bonds is 6. The van der Waals surface area contributed by atoms with Crippen LogP contribution in [0.25, 0.3) is 0 Å². The monoisotopic (exact) mass is 295 g/mol. The number of esters is 1. The summed E-state index contributed by atoms with van der Waals surface area (Å²) in [5.41, 5.74) is -1.13. The molecule has 114 valence electrons. The first-order valence-electron chi connectivity index (χ1n) is 6.78. The maximum atomic E-state index is 12.0. The topological polar surface area (TPSA) is 91.8 Å². The van der Waals surface area contributed by atoms with Crippen LogP contribution in [0.4, 0.5) is 0 Å². The van der Waals surface area contributed by atoms with E-state index in [1.165, 1.54) is 12.5 Å². The molecule has 2 heterocycles. The Morgan fingerprint density at radius 1 is 1.57 bits per heavy atom. The largest absolute Gasteiger partial charge is 0.472 e. The molecular formula is C14H17NO6. The summed E-state index contributed by atoms with van der Waals surface area (Å²) in [6, 6.07) is 1.60. The highest BCUT2D eigenvalue weighted by atomic mass is 16.9. The summed E-state index contributed by atoms with van der Waals surface area (Å²) in [6.45, 7) is 3.62. The van der Waals surface area contributed by atoms with E-state index in [-0.39, 0.29) is 17.2 Å². The number of hydrogen-bond acceptors (Lipinski definition) is 6. The fourth-order valence-corrected chi connectivity index (χ4v) is 2.60. The first-order chi connectivity index (χ1) is 10.1. The van der Waals surface area contributed by atoms with E-state index in [0.717, 1.165) is 0 Å². The molecule has 21 heavy (non-hydrogen) atoms. The van der Waals surface area contributed by atoms with Gasteiger partial charge in [0.15, 0.2) is 5.60 Å². The fraction of sp³-hybridized carbons (Fsp3) is 0.500. The maximum Gasteiger partial charge on any atom is 0.405 e. The number of carbonyl (C=O) groups excluding carboxylic acids is 2. The Bertz CT molecular complexity index is 550. The van der Waals surface area contributed by atoms with Crippen molar-refractivity contribution in [2.24, 2.45) is 0 Å². The molecule has 0 N–H and O–H groups in total. The molecule has 0 amide bonds. The van der Waals surface area contributed by atoms with Gasteiger partial charge in [-0.2, -0.15) is 0 Å². The second kappa shape index (κ2) is 5.99. The van der Waals surface area contributed by atoms with Crippen molar-refractivity contribution in [1.29, 1.82) is 0 Å². The fourth-order valence-electron chi connectivity index (χ4n) is 2.60. The van der Waals surface area contributed by atoms with Crippen molar-refractivity contribution in [1.82, 2.24) is 0 Å². The van der Waals surface area contributed by atoms with E-state index < -0.39 is 17.5 Å². The molecule has 1 aromatic heterocycles. The lowest BCUT2D eigenvalue weighted by Gasteiger charge is -2.28. The van der Waals surface area contributed by atoms with Gasteiger partial charge in [0, 0.05) is 5.56 Å². The summed E-state index contributed by atoms with van der Waals surface area (Å²) in [5.74, 6) is -1.64. The normalized spacial score (nSPS) is 24.8. The van der Waals surface area contributed by atoms with E-state index in [1.807, 2.05) is 6.92 Å². The second-order valence-corrected chi connectivity index (χ2v) is 4.77. The van der Waals surface area contributed by atoms with E-state index in [2.05, 4.69) is 0 Å². The number of carbonyl (C=O) groups is 2. The number of hydrogen-bond donors (Lipinski definition) is 0. The zero-order valence-corrected chi connectivity index (χ0v) is 11.9. The number of furan rings is 1. The predicted octanol–water partition coefficient (Wildman–Crippen LogP) is 1.56. The van der Waals surface area contributed by atoms with Gasteiger partial charge >= 0.3 is 11.7 Å². The molecule has 2 rings (SSSR count). The van der Waals surface area contributed by atoms with Crippen LogP contribution in [0.5, 0.6) is 0 Å². The molecule has 1 aliphatic rings. The molecule has 0 fully saturated rings. The van der Waals surface area contributed by atoms with E-state index in [1.54, 1.807) is 13.0 Å². The lowest BCUT2D eigenvalue weighted by molar-refractivity contribution is -0.747. The molecule has 0 unspecified atom stereocenters. The molecule has 0 aliphatic carbocycles. The molecule has 0 spiro atoms. The van der Waals surface area contributed by atoms with Gasteiger partial charge in [-0.1, -0.05) is 13.3 Å². The molecule has 7 heteroatoms. The summed E-state index contributed by atoms with van der Waals surface area (Å²) in [7, 11) is 0. The van der Waals surface area contributed by atoms with Gasteiger partial charge in [0.25, 0.3) is 0 Å². The van der Waals surface area contributed by atoms with Gasteiger partial charge in [0.05, 0.1) is 24.0 Å². The van der Waals surface area contributed by atoms with Crippen molar-refractivity contribution >= 4 is 18.0 Å². The van der Waals surface area contributed by atoms with Crippen molar-refractivity contribution in [2.75, 3.05) is 6.61 Å². The lowest BCUT2D eigenvalue weighted by Crippen LogP contribution is -2.41. The molecular weight excluding hydrogens is 278 g/mol. The van der Waals surface area contributed by atoms with Crippen LogP contribution in [0.15, 0.2) is 23.0 Å². The Hall–Kier alpha value is -2.31. The van der Waals surface area contributed by atoms with Crippen molar-refractivity contribution in [3.05, 3.63) is 29.4 Å². The highest BCUT2D eigenvalue weighted by Crippen LogP contribution is 2.40. The predicted molar refractivity (Wildman–Crippen MR) is 71.5 cm³/mol. The molecule has 1 aliphatic heterocycles. The molecule has 1 aromatic rings. The van der Waals surface area contributed by atoms with Crippen LogP contribution >= 0.6 is 0 Å². The SMILES string of the molecule is CCC[C@@]1(C=O)O[N+]([O-])=C(C(=O)OCC)[C@@H]1c1ccoc1. The van der Waals surface area contributed by atoms with Crippen LogP contribution in [0.1, 0.15) is 38.2 Å². The van der Waals surface area contributed by atoms with Crippen LogP contribution in [-0.4, -0.2) is 35.1 Å². The number of aldehydes is 1. The Labute approximate surface area is 121 Å². The minimum atomic E-state index is -1.41. The van der Waals surface area contributed by atoms with Gasteiger partial charge in [-0.25, -0.2) is 4.79 Å². The molecule has 0 bridgehead atoms. The van der Waals surface area contributed by atoms with Gasteiger partial charge in [0.1, 0.15) is 12.2 Å². The highest BCUT2D eigenvalue weighted by Gasteiger charge is 2.56. The third kappa shape index (κ3) is 2.51. The van der Waals surface area contributed by atoms with Crippen LogP contribution < -0.4 is 0 Å². The van der Waals surface area contributed by atoms with Gasteiger partial charge in [0.2, 0.25) is 0 Å². The molecule has 0 radical (unpaired) electrons. The zero-order chi connectivity index (χ0) is 15.5. The van der Waals surface area contributed by atoms with Crippen molar-refractivity contribution in [2.45, 2.75) is 38.2 Å². The first-order valence-corrected chi connectivity index (χ1v) is 6.78. The van der Waals surface area contributed by atoms with Crippen molar-refractivity contribution in [3.63, 3.8) is 0 Å². The second-order valence-electron chi connectivity index (χ2n) is 4.77. The van der Waals surface area contributed by atoms with E-state index in [0.29, 0.717) is 24.7 Å². The minimum Gasteiger partial charge on any atom is -0.472 e. The molecule has 0 saturated heterocycles. The molecule has 0 saturated carbocycles. The Morgan fingerprint density at radius 2 is 2.33 bits per heavy atom. The summed E-state index contributed by atoms with van der Waals surface area (Å²) in [6.07, 6.45) is 4.28. The molecule has 7 nitrogen and oxygen atoms in total. The summed E-state index contributed by atoms with van der Waals surface area (Å²) in [5, 5.41) is 12.0. The van der Waals surface area contributed by atoms with Gasteiger partial charge < -0.3 is 18.8 Å². The molecule has 0 aromatic carbocycles. The third-order valence-corrected chi connectivity index (χ3v) is 3.41. The highest BCUT2D eigenvalue weighted by molar-refractivity contribution is 6.37. The average molecular weight is 295 g/mol. The number of nitrogens with zero attached hydrogens (tertiary/aromatic N) is 1. The summed E-state index contributed by atoms with van der Waals surface area (Å²) >= 11 is 0. The molecule has 2 atom stereocenters. The average Bonchev–Trinajstić information content (AvgIpc) is 3.05. The van der Waals surface area contributed by atoms with Crippen LogP contribution in [0.2, 0.25) is 0 Å². The smallest absolute Gasteiger partial charge is 0.405 e. The Balaban J connectivity index is 2.50. The van der Waals surface area contributed by atoms with Crippen LogP contribution in [0, 0.1) is 5.21 Å². The van der Waals surface area contributed by atoms with E-state index in [4.69, 9.17) is 14.0 Å². The Morgan fingerprint density at radius 3 is 2.86 bits per heavy atom. The third-order valence-electron chi connectivity index (χ3n) is 3.41. The number of ether oxygens (including phenoxy) is 1. The van der Waals surface area contributed by atoms with E-state index >= 15 is 0 Å². The van der Waals surface area contributed by atoms with Gasteiger partial charge in [-0.05, 0) is 19.4 Å². The lowest BCUT2D eigenvalue weighted by atomic mass is 9.78. The van der Waals surface area contributed by atoms with Crippen molar-refractivity contribution in [3.8, 4) is 0 Å². The quantitative estimate of drug-likeness (QED) is 0.449. The van der Waals surface area contributed by atoms with Crippen molar-refractivity contribution < 1.29 is 28.5 Å². The first kappa shape index (κ1) is 15.1. The standard InChI is InChI=1S/C14H17NO6/c1-3-6-14(9-16)11(10-5-7-19-8-10)12(15(18)21-14)13(17)20-4-2/h5,7-9,11H,3-4,6H2,1-2H3/t11-,14-/m0/s1.